The molecule has 1 N–H and O–H groups in total. The molecule has 4 rings (SSSR count). The second kappa shape index (κ2) is 10.8. The third-order valence-corrected chi connectivity index (χ3v) is 5.52. The Morgan fingerprint density at radius 2 is 2.06 bits per heavy atom. The van der Waals surface area contributed by atoms with Crippen LogP contribution in [0.1, 0.15) is 26.3 Å². The molecule has 164 valence electrons. The average molecular weight is 632 g/mol. The van der Waals surface area contributed by atoms with Crippen LogP contribution in [-0.4, -0.2) is 33.8 Å². The van der Waals surface area contributed by atoms with Crippen LogP contribution < -0.4 is 10.7 Å². The zero-order valence-electron chi connectivity index (χ0n) is 17.0. The van der Waals surface area contributed by atoms with Crippen molar-refractivity contribution in [3.05, 3.63) is 57.3 Å². The van der Waals surface area contributed by atoms with Crippen LogP contribution >= 0.6 is 23.2 Å². The van der Waals surface area contributed by atoms with Gasteiger partial charge in [-0.15, -0.1) is 0 Å². The normalized spacial score (nSPS) is 16.1. The van der Waals surface area contributed by atoms with Crippen LogP contribution in [0.5, 0.6) is 0 Å². The number of hydrogen-bond donors (Lipinski definition) is 1. The summed E-state index contributed by atoms with van der Waals surface area (Å²) in [6, 6.07) is 5.48. The number of aromatic nitrogens is 3. The number of fused-ring (bicyclic) bond motifs is 1. The van der Waals surface area contributed by atoms with Crippen molar-refractivity contribution in [3.63, 3.8) is 0 Å². The maximum atomic E-state index is 12.4. The number of hydrogen-bond acceptors (Lipinski definition) is 6. The molecule has 1 unspecified atom stereocenters. The van der Waals surface area contributed by atoms with Gasteiger partial charge in [-0.1, -0.05) is 35.9 Å². The third-order valence-electron chi connectivity index (χ3n) is 4.94. The second-order valence-corrected chi connectivity index (χ2v) is 8.09. The molecule has 10 heteroatoms. The first kappa shape index (κ1) is 24.0. The Labute approximate surface area is 201 Å². The van der Waals surface area contributed by atoms with Crippen molar-refractivity contribution in [2.45, 2.75) is 32.4 Å². The van der Waals surface area contributed by atoms with Gasteiger partial charge in [0.1, 0.15) is 0 Å². The number of nitrogens with one attached hydrogen (secondary N) is 1. The van der Waals surface area contributed by atoms with Crippen LogP contribution in [0.25, 0.3) is 22.2 Å². The van der Waals surface area contributed by atoms with Crippen LogP contribution in [-0.2, 0) is 27.9 Å². The summed E-state index contributed by atoms with van der Waals surface area (Å²) in [6.45, 7) is 5.40. The zero-order chi connectivity index (χ0) is 22.5. The number of ether oxygens (including phenoxy) is 1. The third kappa shape index (κ3) is 5.40. The topological polar surface area (TPSA) is 86.1 Å². The Morgan fingerprint density at radius 1 is 1.29 bits per heavy atom. The fraction of sp³-hybridized carbons (Fsp3) is 0.333. The summed E-state index contributed by atoms with van der Waals surface area (Å²) in [6.07, 6.45) is 6.26. The van der Waals surface area contributed by atoms with E-state index in [0.29, 0.717) is 60.1 Å². The molecule has 1 aliphatic heterocycles. The van der Waals surface area contributed by atoms with E-state index in [2.05, 4.69) is 35.6 Å². The molecule has 1 aliphatic rings. The molecule has 3 heterocycles. The van der Waals surface area contributed by atoms with Gasteiger partial charge in [-0.2, -0.15) is 0 Å². The zero-order valence-corrected chi connectivity index (χ0v) is 21.4. The van der Waals surface area contributed by atoms with Crippen molar-refractivity contribution in [3.8, 4) is 11.3 Å². The molecular formula is C21H21Cl2N4O3W-. The van der Waals surface area contributed by atoms with Crippen molar-refractivity contribution >= 4 is 40.1 Å². The molecule has 1 saturated heterocycles. The molecule has 3 aromatic rings. The Kier molecular flexibility index (Phi) is 8.34. The number of rotatable bonds is 4. The van der Waals surface area contributed by atoms with Gasteiger partial charge in [0.2, 0.25) is 5.95 Å². The number of anilines is 1. The van der Waals surface area contributed by atoms with Crippen molar-refractivity contribution in [2.75, 3.05) is 18.5 Å². The number of pyridine rings is 1. The van der Waals surface area contributed by atoms with Gasteiger partial charge < -0.3 is 14.6 Å². The van der Waals surface area contributed by atoms with E-state index in [1.807, 2.05) is 10.6 Å². The number of nitrogens with zero attached hydrogens (tertiary/aromatic N) is 3. The van der Waals surface area contributed by atoms with Crippen LogP contribution in [0.15, 0.2) is 35.4 Å². The van der Waals surface area contributed by atoms with E-state index in [4.69, 9.17) is 31.3 Å². The fourth-order valence-corrected chi connectivity index (χ4v) is 3.98. The van der Waals surface area contributed by atoms with Gasteiger partial charge in [0.05, 0.1) is 32.8 Å². The second-order valence-electron chi connectivity index (χ2n) is 7.27. The molecule has 0 spiro atoms. The molecule has 1 aromatic carbocycles. The number of halogens is 2. The van der Waals surface area contributed by atoms with Crippen LogP contribution in [0.2, 0.25) is 10.0 Å². The first-order chi connectivity index (χ1) is 14.9. The Balaban J connectivity index is 0.00000132. The van der Waals surface area contributed by atoms with E-state index in [0.717, 1.165) is 17.5 Å². The molecule has 0 amide bonds. The van der Waals surface area contributed by atoms with E-state index in [9.17, 15) is 4.79 Å². The summed E-state index contributed by atoms with van der Waals surface area (Å²) in [7, 11) is 0. The Hall–Kier alpha value is -1.66. The molecule has 0 saturated carbocycles. The van der Waals surface area contributed by atoms with E-state index < -0.39 is 0 Å². The van der Waals surface area contributed by atoms with Crippen molar-refractivity contribution in [2.24, 2.45) is 0 Å². The standard InChI is InChI=1S/C21H21Cl2N4O2.O.W/c1-12(2)27-6-3-18(28)19-15(22)9-13(10-17(19)27)20-16(23)11-24-21(26-20)25-14-4-7-29-8-5-14;;/h3-4,6,9-12,14H,5,7-8H2,1-2H3,(H,24,25,26);;/q-1;;. The van der Waals surface area contributed by atoms with Crippen LogP contribution in [0, 0.1) is 6.42 Å². The Bertz CT molecular complexity index is 1130. The van der Waals surface area contributed by atoms with E-state index in [1.165, 1.54) is 6.07 Å². The first-order valence-corrected chi connectivity index (χ1v) is 11.6. The summed E-state index contributed by atoms with van der Waals surface area (Å²) in [4.78, 5) is 21.3. The molecule has 0 bridgehead atoms. The molecule has 2 aromatic heterocycles. The van der Waals surface area contributed by atoms with Gasteiger partial charge in [0, 0.05) is 30.5 Å². The first-order valence-electron chi connectivity index (χ1n) is 9.65. The van der Waals surface area contributed by atoms with Gasteiger partial charge in [-0.05, 0) is 32.4 Å². The minimum absolute atomic E-state index is 0.111. The van der Waals surface area contributed by atoms with E-state index >= 15 is 0 Å². The SMILES string of the molecule is CC(C)n1ccc(=O)c2c(Cl)cc(-c3nc(NC4[CH-]COCC4)ncc3Cl)cc21.[O]=[W]. The monoisotopic (exact) mass is 631 g/mol. The van der Waals surface area contributed by atoms with Gasteiger partial charge in [0.25, 0.3) is 0 Å². The predicted molar refractivity (Wildman–Crippen MR) is 117 cm³/mol. The van der Waals surface area contributed by atoms with Crippen molar-refractivity contribution < 1.29 is 27.9 Å². The van der Waals surface area contributed by atoms with Gasteiger partial charge in [-0.25, -0.2) is 9.97 Å². The van der Waals surface area contributed by atoms with E-state index in [-0.39, 0.29) is 17.5 Å². The minimum atomic E-state index is -0.111. The molecule has 7 nitrogen and oxygen atoms in total. The number of benzene rings is 1. The average Bonchev–Trinajstić information content (AvgIpc) is 2.77. The molecule has 31 heavy (non-hydrogen) atoms. The molecule has 0 aliphatic carbocycles. The van der Waals surface area contributed by atoms with Crippen LogP contribution in [0.4, 0.5) is 5.95 Å². The molecule has 1 atom stereocenters. The van der Waals surface area contributed by atoms with Gasteiger partial charge in [0.15, 0.2) is 5.43 Å². The Morgan fingerprint density at radius 3 is 2.74 bits per heavy atom. The maximum absolute atomic E-state index is 12.4. The quantitative estimate of drug-likeness (QED) is 0.423. The van der Waals surface area contributed by atoms with Crippen LogP contribution in [0.3, 0.4) is 0 Å². The predicted octanol–water partition coefficient (Wildman–Crippen LogP) is 4.63. The van der Waals surface area contributed by atoms with Gasteiger partial charge >= 0.3 is 23.2 Å². The van der Waals surface area contributed by atoms with Gasteiger partial charge in [-0.3, -0.25) is 11.2 Å². The summed E-state index contributed by atoms with van der Waals surface area (Å²) in [5.41, 5.74) is 1.93. The van der Waals surface area contributed by atoms with Crippen molar-refractivity contribution in [1.29, 1.82) is 0 Å². The molecular weight excluding hydrogens is 611 g/mol. The van der Waals surface area contributed by atoms with E-state index in [1.54, 1.807) is 18.5 Å². The summed E-state index contributed by atoms with van der Waals surface area (Å²) in [5.74, 6) is 0.484. The molecule has 1 fully saturated rings. The fourth-order valence-electron chi connectivity index (χ4n) is 3.47. The summed E-state index contributed by atoms with van der Waals surface area (Å²) in [5, 5.41) is 4.58. The summed E-state index contributed by atoms with van der Waals surface area (Å²) >= 11 is 13.3. The van der Waals surface area contributed by atoms with Crippen molar-refractivity contribution in [1.82, 2.24) is 14.5 Å². The summed E-state index contributed by atoms with van der Waals surface area (Å²) < 4.78 is 15.7. The molecule has 0 radical (unpaired) electrons.